The second kappa shape index (κ2) is 7.02. The second-order valence-electron chi connectivity index (χ2n) is 5.90. The Morgan fingerprint density at radius 3 is 2.78 bits per heavy atom. The van der Waals surface area contributed by atoms with Crippen LogP contribution >= 0.6 is 22.9 Å². The van der Waals surface area contributed by atoms with Crippen LogP contribution < -0.4 is 10.5 Å². The number of nitrogen functional groups attached to an aromatic ring is 1. The molecule has 4 aromatic rings. The highest BCUT2D eigenvalue weighted by molar-refractivity contribution is 7.13. The zero-order chi connectivity index (χ0) is 19.0. The summed E-state index contributed by atoms with van der Waals surface area (Å²) in [6.45, 7) is 2.06. The zero-order valence-electron chi connectivity index (χ0n) is 14.7. The Bertz CT molecular complexity index is 1120. The fraction of sp³-hybridized carbons (Fsp3) is 0.105. The lowest BCUT2D eigenvalue weighted by molar-refractivity contribution is 0.411. The predicted molar refractivity (Wildman–Crippen MR) is 109 cm³/mol. The largest absolute Gasteiger partial charge is 0.494 e. The molecule has 0 aliphatic rings. The minimum Gasteiger partial charge on any atom is -0.494 e. The molecule has 136 valence electrons. The summed E-state index contributed by atoms with van der Waals surface area (Å²) in [5, 5.41) is 11.7. The number of halogens is 1. The third kappa shape index (κ3) is 3.15. The Labute approximate surface area is 165 Å². The summed E-state index contributed by atoms with van der Waals surface area (Å²) in [6, 6.07) is 13.3. The highest BCUT2D eigenvalue weighted by Crippen LogP contribution is 2.34. The monoisotopic (exact) mass is 397 g/mol. The van der Waals surface area contributed by atoms with Crippen LogP contribution in [-0.4, -0.2) is 27.1 Å². The van der Waals surface area contributed by atoms with Crippen molar-refractivity contribution in [1.82, 2.24) is 20.0 Å². The van der Waals surface area contributed by atoms with Gasteiger partial charge in [0.05, 0.1) is 12.8 Å². The van der Waals surface area contributed by atoms with Crippen molar-refractivity contribution in [3.63, 3.8) is 0 Å². The van der Waals surface area contributed by atoms with Gasteiger partial charge in [-0.05, 0) is 30.7 Å². The maximum atomic E-state index is 6.32. The Hall–Kier alpha value is -2.90. The van der Waals surface area contributed by atoms with E-state index in [1.54, 1.807) is 25.3 Å². The summed E-state index contributed by atoms with van der Waals surface area (Å²) in [4.78, 5) is 4.70. The van der Waals surface area contributed by atoms with Gasteiger partial charge < -0.3 is 10.5 Å². The summed E-state index contributed by atoms with van der Waals surface area (Å²) >= 11 is 7.60. The number of rotatable bonds is 4. The third-order valence-corrected chi connectivity index (χ3v) is 5.29. The average Bonchev–Trinajstić information content (AvgIpc) is 3.28. The number of aryl methyl sites for hydroxylation is 1. The van der Waals surface area contributed by atoms with Gasteiger partial charge in [-0.1, -0.05) is 41.1 Å². The van der Waals surface area contributed by atoms with Gasteiger partial charge in [-0.2, -0.15) is 4.68 Å². The number of hydrogen-bond acceptors (Lipinski definition) is 6. The molecule has 8 heteroatoms. The smallest absolute Gasteiger partial charge is 0.165 e. The number of hydrogen-bond donors (Lipinski definition) is 1. The highest BCUT2D eigenvalue weighted by atomic mass is 35.5. The van der Waals surface area contributed by atoms with Gasteiger partial charge in [0.15, 0.2) is 11.5 Å². The maximum absolute atomic E-state index is 6.32. The standard InChI is InChI=1S/C19H16ClN5OS/c1-11-5-3-4-6-13(11)14-10-27-19(22-14)17-18(21)25(24-23-17)15-9-12(20)7-8-16(15)26-2/h3-10H,21H2,1-2H3. The van der Waals surface area contributed by atoms with Crippen molar-refractivity contribution in [2.75, 3.05) is 12.8 Å². The number of methoxy groups -OCH3 is 1. The molecule has 0 atom stereocenters. The van der Waals surface area contributed by atoms with Crippen LogP contribution in [0.15, 0.2) is 47.8 Å². The van der Waals surface area contributed by atoms with Crippen molar-refractivity contribution in [2.24, 2.45) is 0 Å². The van der Waals surface area contributed by atoms with Crippen LogP contribution in [0.5, 0.6) is 5.75 Å². The molecule has 2 heterocycles. The SMILES string of the molecule is COc1ccc(Cl)cc1-n1nnc(-c2nc(-c3ccccc3C)cs2)c1N. The molecule has 2 aromatic carbocycles. The van der Waals surface area contributed by atoms with Crippen LogP contribution in [0.4, 0.5) is 5.82 Å². The molecule has 0 saturated heterocycles. The van der Waals surface area contributed by atoms with E-state index < -0.39 is 0 Å². The highest BCUT2D eigenvalue weighted by Gasteiger charge is 2.19. The van der Waals surface area contributed by atoms with Gasteiger partial charge in [0.2, 0.25) is 0 Å². The van der Waals surface area contributed by atoms with Crippen molar-refractivity contribution in [3.05, 3.63) is 58.4 Å². The van der Waals surface area contributed by atoms with Crippen molar-refractivity contribution in [2.45, 2.75) is 6.92 Å². The summed E-state index contributed by atoms with van der Waals surface area (Å²) in [7, 11) is 1.58. The molecule has 0 unspecified atom stereocenters. The number of benzene rings is 2. The molecule has 0 bridgehead atoms. The Kier molecular flexibility index (Phi) is 4.55. The average molecular weight is 398 g/mol. The first-order chi connectivity index (χ1) is 13.1. The van der Waals surface area contributed by atoms with Crippen molar-refractivity contribution in [1.29, 1.82) is 0 Å². The van der Waals surface area contributed by atoms with E-state index in [9.17, 15) is 0 Å². The van der Waals surface area contributed by atoms with Gasteiger partial charge >= 0.3 is 0 Å². The molecule has 0 aliphatic carbocycles. The Balaban J connectivity index is 1.76. The molecule has 0 amide bonds. The van der Waals surface area contributed by atoms with Crippen LogP contribution in [0.2, 0.25) is 5.02 Å². The molecule has 0 radical (unpaired) electrons. The third-order valence-electron chi connectivity index (χ3n) is 4.20. The molecule has 2 aromatic heterocycles. The minimum absolute atomic E-state index is 0.376. The lowest BCUT2D eigenvalue weighted by Gasteiger charge is -2.09. The number of anilines is 1. The van der Waals surface area contributed by atoms with E-state index in [0.717, 1.165) is 16.8 Å². The van der Waals surface area contributed by atoms with Crippen LogP contribution in [0.3, 0.4) is 0 Å². The molecule has 27 heavy (non-hydrogen) atoms. The summed E-state index contributed by atoms with van der Waals surface area (Å²) < 4.78 is 6.89. The van der Waals surface area contributed by atoms with E-state index >= 15 is 0 Å². The second-order valence-corrected chi connectivity index (χ2v) is 7.20. The Morgan fingerprint density at radius 1 is 1.19 bits per heavy atom. The predicted octanol–water partition coefficient (Wildman–Crippen LogP) is 4.61. The van der Waals surface area contributed by atoms with Gasteiger partial charge in [0, 0.05) is 16.0 Å². The fourth-order valence-corrected chi connectivity index (χ4v) is 3.79. The van der Waals surface area contributed by atoms with E-state index in [-0.39, 0.29) is 0 Å². The van der Waals surface area contributed by atoms with Gasteiger partial charge in [0.25, 0.3) is 0 Å². The van der Waals surface area contributed by atoms with E-state index in [0.29, 0.717) is 33.0 Å². The van der Waals surface area contributed by atoms with E-state index in [2.05, 4.69) is 23.3 Å². The summed E-state index contributed by atoms with van der Waals surface area (Å²) in [6.07, 6.45) is 0. The van der Waals surface area contributed by atoms with Crippen LogP contribution in [0.25, 0.3) is 27.6 Å². The zero-order valence-corrected chi connectivity index (χ0v) is 16.3. The van der Waals surface area contributed by atoms with E-state index in [1.165, 1.54) is 16.0 Å². The molecule has 0 aliphatic heterocycles. The molecule has 6 nitrogen and oxygen atoms in total. The number of nitrogens with two attached hydrogens (primary N) is 1. The lowest BCUT2D eigenvalue weighted by Crippen LogP contribution is -2.04. The topological polar surface area (TPSA) is 78.8 Å². The Morgan fingerprint density at radius 2 is 2.00 bits per heavy atom. The summed E-state index contributed by atoms with van der Waals surface area (Å²) in [5.74, 6) is 0.975. The molecule has 0 spiro atoms. The molecule has 0 saturated carbocycles. The minimum atomic E-state index is 0.376. The van der Waals surface area contributed by atoms with Gasteiger partial charge in [-0.15, -0.1) is 16.4 Å². The van der Waals surface area contributed by atoms with Crippen molar-refractivity contribution < 1.29 is 4.74 Å². The first kappa shape index (κ1) is 17.5. The summed E-state index contributed by atoms with van der Waals surface area (Å²) in [5.41, 5.74) is 10.6. The first-order valence-corrected chi connectivity index (χ1v) is 9.41. The number of aromatic nitrogens is 4. The normalized spacial score (nSPS) is 10.9. The van der Waals surface area contributed by atoms with E-state index in [1.807, 2.05) is 23.6 Å². The van der Waals surface area contributed by atoms with Gasteiger partial charge in [-0.25, -0.2) is 4.98 Å². The number of ether oxygens (including phenoxy) is 1. The van der Waals surface area contributed by atoms with Crippen LogP contribution in [-0.2, 0) is 0 Å². The fourth-order valence-electron chi connectivity index (χ4n) is 2.81. The maximum Gasteiger partial charge on any atom is 0.165 e. The molecule has 4 rings (SSSR count). The molecular weight excluding hydrogens is 382 g/mol. The first-order valence-electron chi connectivity index (χ1n) is 8.15. The lowest BCUT2D eigenvalue weighted by atomic mass is 10.1. The van der Waals surface area contributed by atoms with Crippen molar-refractivity contribution >= 4 is 28.8 Å². The number of nitrogens with zero attached hydrogens (tertiary/aromatic N) is 4. The van der Waals surface area contributed by atoms with Gasteiger partial charge in [-0.3, -0.25) is 0 Å². The molecule has 0 fully saturated rings. The van der Waals surface area contributed by atoms with E-state index in [4.69, 9.17) is 27.1 Å². The quantitative estimate of drug-likeness (QED) is 0.544. The molecule has 2 N–H and O–H groups in total. The molecular formula is C19H16ClN5OS. The van der Waals surface area contributed by atoms with Gasteiger partial charge in [0.1, 0.15) is 16.4 Å². The van der Waals surface area contributed by atoms with Crippen LogP contribution in [0.1, 0.15) is 5.56 Å². The van der Waals surface area contributed by atoms with Crippen LogP contribution in [0, 0.1) is 6.92 Å². The number of thiazole rings is 1. The van der Waals surface area contributed by atoms with Crippen molar-refractivity contribution in [3.8, 4) is 33.4 Å².